The van der Waals surface area contributed by atoms with Gasteiger partial charge in [0.1, 0.15) is 23.3 Å². The minimum Gasteiger partial charge on any atom is -0.386 e. The summed E-state index contributed by atoms with van der Waals surface area (Å²) in [5, 5.41) is 7.31. The third-order valence-electron chi connectivity index (χ3n) is 2.94. The van der Waals surface area contributed by atoms with Gasteiger partial charge >= 0.3 is 0 Å². The summed E-state index contributed by atoms with van der Waals surface area (Å²) in [7, 11) is -4.58. The molecule has 0 aliphatic heterocycles. The molecule has 4 N–H and O–H groups in total. The van der Waals surface area contributed by atoms with Crippen molar-refractivity contribution in [3.8, 4) is 0 Å². The predicted octanol–water partition coefficient (Wildman–Crippen LogP) is 1.10. The Morgan fingerprint density at radius 1 is 1.30 bits per heavy atom. The number of hydrogen-bond donors (Lipinski definition) is 3. The topological polar surface area (TPSA) is 96.0 Å². The van der Waals surface area contributed by atoms with Crippen LogP contribution in [0.3, 0.4) is 0 Å². The number of rotatable bonds is 5. The fourth-order valence-corrected chi connectivity index (χ4v) is 3.26. The smallest absolute Gasteiger partial charge is 0.247 e. The first kappa shape index (κ1) is 14.8. The highest BCUT2D eigenvalue weighted by Crippen LogP contribution is 2.33. The number of hydrogen-bond acceptors (Lipinski definition) is 3. The molecule has 1 aromatic carbocycles. The summed E-state index contributed by atoms with van der Waals surface area (Å²) in [6, 6.07) is -0.460. The molecule has 0 saturated heterocycles. The maximum atomic E-state index is 13.5. The summed E-state index contributed by atoms with van der Waals surface area (Å²) < 4.78 is 65.7. The van der Waals surface area contributed by atoms with Crippen molar-refractivity contribution in [3.63, 3.8) is 0 Å². The van der Waals surface area contributed by atoms with Crippen molar-refractivity contribution >= 4 is 15.9 Å². The van der Waals surface area contributed by atoms with E-state index in [0.29, 0.717) is 12.8 Å². The lowest BCUT2D eigenvalue weighted by Gasteiger charge is -2.17. The van der Waals surface area contributed by atoms with Crippen LogP contribution >= 0.6 is 0 Å². The lowest BCUT2D eigenvalue weighted by atomic mass is 10.2. The van der Waals surface area contributed by atoms with E-state index in [-0.39, 0.29) is 18.1 Å². The van der Waals surface area contributed by atoms with Crippen LogP contribution in [0.5, 0.6) is 0 Å². The second-order valence-electron chi connectivity index (χ2n) is 4.59. The number of amidine groups is 1. The fraction of sp³-hybridized carbons (Fsp3) is 0.364. The van der Waals surface area contributed by atoms with Crippen molar-refractivity contribution in [2.24, 2.45) is 11.7 Å². The zero-order valence-electron chi connectivity index (χ0n) is 10.2. The molecule has 2 rings (SSSR count). The molecule has 0 spiro atoms. The first-order valence-electron chi connectivity index (χ1n) is 5.73. The van der Waals surface area contributed by atoms with Gasteiger partial charge in [-0.25, -0.2) is 26.3 Å². The number of nitrogens with two attached hydrogens (primary N) is 1. The molecular formula is C11H12F3N3O2S. The SMILES string of the molecule is N=C(N)C(NS(=O)(=O)c1c(F)cc(F)cc1F)C1CC1. The van der Waals surface area contributed by atoms with Crippen molar-refractivity contribution in [2.75, 3.05) is 0 Å². The third kappa shape index (κ3) is 2.93. The van der Waals surface area contributed by atoms with Crippen molar-refractivity contribution < 1.29 is 21.6 Å². The molecule has 1 aromatic rings. The Labute approximate surface area is 113 Å². The van der Waals surface area contributed by atoms with Gasteiger partial charge < -0.3 is 5.73 Å². The summed E-state index contributed by atoms with van der Waals surface area (Å²) in [5.74, 6) is -4.88. The molecule has 1 aliphatic carbocycles. The van der Waals surface area contributed by atoms with E-state index in [4.69, 9.17) is 11.1 Å². The number of sulfonamides is 1. The Kier molecular flexibility index (Phi) is 3.74. The second-order valence-corrected chi connectivity index (χ2v) is 6.24. The van der Waals surface area contributed by atoms with Crippen molar-refractivity contribution in [2.45, 2.75) is 23.8 Å². The molecule has 1 fully saturated rings. The van der Waals surface area contributed by atoms with Crippen LogP contribution < -0.4 is 10.5 Å². The van der Waals surface area contributed by atoms with E-state index < -0.39 is 44.2 Å². The number of nitrogens with one attached hydrogen (secondary N) is 2. The Morgan fingerprint density at radius 3 is 2.20 bits per heavy atom. The van der Waals surface area contributed by atoms with Crippen molar-refractivity contribution in [1.82, 2.24) is 4.72 Å². The van der Waals surface area contributed by atoms with E-state index in [1.165, 1.54) is 0 Å². The number of benzene rings is 1. The van der Waals surface area contributed by atoms with Crippen LogP contribution in [-0.4, -0.2) is 20.3 Å². The highest BCUT2D eigenvalue weighted by atomic mass is 32.2. The lowest BCUT2D eigenvalue weighted by Crippen LogP contribution is -2.45. The summed E-state index contributed by atoms with van der Waals surface area (Å²) in [6.45, 7) is 0. The highest BCUT2D eigenvalue weighted by molar-refractivity contribution is 7.89. The summed E-state index contributed by atoms with van der Waals surface area (Å²) in [4.78, 5) is -1.27. The van der Waals surface area contributed by atoms with Gasteiger partial charge in [-0.05, 0) is 18.8 Å². The van der Waals surface area contributed by atoms with Gasteiger partial charge in [-0.1, -0.05) is 0 Å². The molecule has 0 amide bonds. The Bertz CT molecular complexity index is 636. The van der Waals surface area contributed by atoms with Crippen LogP contribution in [0, 0.1) is 28.8 Å². The zero-order valence-corrected chi connectivity index (χ0v) is 11.0. The average Bonchev–Trinajstić information content (AvgIpc) is 3.07. The summed E-state index contributed by atoms with van der Waals surface area (Å²) in [5.41, 5.74) is 5.27. The molecule has 1 unspecified atom stereocenters. The number of halogens is 3. The first-order valence-corrected chi connectivity index (χ1v) is 7.21. The van der Waals surface area contributed by atoms with E-state index in [1.54, 1.807) is 0 Å². The zero-order chi connectivity index (χ0) is 15.1. The summed E-state index contributed by atoms with van der Waals surface area (Å²) >= 11 is 0. The first-order chi connectivity index (χ1) is 9.22. The summed E-state index contributed by atoms with van der Waals surface area (Å²) in [6.07, 6.45) is 1.34. The van der Waals surface area contributed by atoms with Crippen LogP contribution in [0.4, 0.5) is 13.2 Å². The molecule has 110 valence electrons. The standard InChI is InChI=1S/C11H12F3N3O2S/c12-6-3-7(13)10(8(14)4-6)20(18,19)17-9(11(15)16)5-1-2-5/h3-5,9,17H,1-2H2,(H3,15,16). The van der Waals surface area contributed by atoms with Crippen LogP contribution in [0.2, 0.25) is 0 Å². The van der Waals surface area contributed by atoms with Gasteiger partial charge in [-0.2, -0.15) is 0 Å². The van der Waals surface area contributed by atoms with Gasteiger partial charge in [0.25, 0.3) is 0 Å². The molecule has 20 heavy (non-hydrogen) atoms. The molecule has 1 atom stereocenters. The molecule has 0 bridgehead atoms. The predicted molar refractivity (Wildman–Crippen MR) is 65.1 cm³/mol. The molecule has 1 saturated carbocycles. The fourth-order valence-electron chi connectivity index (χ4n) is 1.85. The lowest BCUT2D eigenvalue weighted by molar-refractivity contribution is 0.490. The maximum absolute atomic E-state index is 13.5. The molecular weight excluding hydrogens is 295 g/mol. The molecule has 0 aromatic heterocycles. The van der Waals surface area contributed by atoms with Gasteiger partial charge in [0.05, 0.1) is 6.04 Å². The van der Waals surface area contributed by atoms with Crippen LogP contribution in [0.1, 0.15) is 12.8 Å². The normalized spacial score (nSPS) is 16.9. The van der Waals surface area contributed by atoms with E-state index >= 15 is 0 Å². The monoisotopic (exact) mass is 307 g/mol. The molecule has 1 aliphatic rings. The molecule has 0 radical (unpaired) electrons. The molecule has 0 heterocycles. The highest BCUT2D eigenvalue weighted by Gasteiger charge is 2.37. The van der Waals surface area contributed by atoms with E-state index in [9.17, 15) is 21.6 Å². The van der Waals surface area contributed by atoms with Gasteiger partial charge in [0.15, 0.2) is 4.90 Å². The average molecular weight is 307 g/mol. The van der Waals surface area contributed by atoms with Crippen LogP contribution in [-0.2, 0) is 10.0 Å². The second kappa shape index (κ2) is 5.06. The van der Waals surface area contributed by atoms with Gasteiger partial charge in [-0.15, -0.1) is 0 Å². The minimum absolute atomic E-state index is 0.158. The van der Waals surface area contributed by atoms with Crippen molar-refractivity contribution in [1.29, 1.82) is 5.41 Å². The third-order valence-corrected chi connectivity index (χ3v) is 4.43. The Hall–Kier alpha value is -1.61. The van der Waals surface area contributed by atoms with E-state index in [1.807, 2.05) is 4.72 Å². The Balaban J connectivity index is 2.38. The minimum atomic E-state index is -4.58. The molecule has 9 heteroatoms. The largest absolute Gasteiger partial charge is 0.386 e. The van der Waals surface area contributed by atoms with Crippen molar-refractivity contribution in [3.05, 3.63) is 29.6 Å². The van der Waals surface area contributed by atoms with Gasteiger partial charge in [-0.3, -0.25) is 5.41 Å². The van der Waals surface area contributed by atoms with Gasteiger partial charge in [0, 0.05) is 12.1 Å². The van der Waals surface area contributed by atoms with Gasteiger partial charge in [0.2, 0.25) is 10.0 Å². The van der Waals surface area contributed by atoms with E-state index in [2.05, 4.69) is 0 Å². The maximum Gasteiger partial charge on any atom is 0.247 e. The molecule has 5 nitrogen and oxygen atoms in total. The van der Waals surface area contributed by atoms with Crippen LogP contribution in [0.15, 0.2) is 17.0 Å². The van der Waals surface area contributed by atoms with E-state index in [0.717, 1.165) is 0 Å². The van der Waals surface area contributed by atoms with Crippen LogP contribution in [0.25, 0.3) is 0 Å². The quantitative estimate of drug-likeness (QED) is 0.561. The Morgan fingerprint density at radius 2 is 1.80 bits per heavy atom.